The lowest BCUT2D eigenvalue weighted by molar-refractivity contribution is -0.145. The molecule has 0 radical (unpaired) electrons. The fourth-order valence-corrected chi connectivity index (χ4v) is 2.42. The molecule has 1 saturated heterocycles. The van der Waals surface area contributed by atoms with E-state index in [1.165, 1.54) is 5.56 Å². The van der Waals surface area contributed by atoms with Gasteiger partial charge in [-0.2, -0.15) is 0 Å². The summed E-state index contributed by atoms with van der Waals surface area (Å²) in [5.41, 5.74) is 1.23. The summed E-state index contributed by atoms with van der Waals surface area (Å²) >= 11 is 0. The van der Waals surface area contributed by atoms with Crippen LogP contribution in [-0.2, 0) is 9.53 Å². The van der Waals surface area contributed by atoms with Crippen LogP contribution in [0.25, 0.3) is 0 Å². The first-order valence-electron chi connectivity index (χ1n) is 7.39. The van der Waals surface area contributed by atoms with Gasteiger partial charge in [0.25, 0.3) is 0 Å². The van der Waals surface area contributed by atoms with E-state index in [4.69, 9.17) is 14.6 Å². The number of carbonyl (C=O) groups is 1. The number of benzene rings is 1. The van der Waals surface area contributed by atoms with Crippen molar-refractivity contribution in [2.75, 3.05) is 32.8 Å². The van der Waals surface area contributed by atoms with Gasteiger partial charge >= 0.3 is 5.97 Å². The molecule has 1 fully saturated rings. The molecule has 0 aromatic heterocycles. The highest BCUT2D eigenvalue weighted by atomic mass is 16.5. The fraction of sp³-hybridized carbons (Fsp3) is 0.562. The summed E-state index contributed by atoms with van der Waals surface area (Å²) in [5, 5.41) is 8.59. The maximum atomic E-state index is 10.5. The fourth-order valence-electron chi connectivity index (χ4n) is 2.42. The van der Waals surface area contributed by atoms with Crippen molar-refractivity contribution >= 4 is 5.97 Å². The van der Waals surface area contributed by atoms with Gasteiger partial charge in [-0.05, 0) is 31.9 Å². The minimum absolute atomic E-state index is 0.0790. The number of carboxylic acid groups (broad SMARTS) is 1. The lowest BCUT2D eigenvalue weighted by atomic mass is 10.1. The molecule has 5 nitrogen and oxygen atoms in total. The maximum Gasteiger partial charge on any atom is 0.329 e. The van der Waals surface area contributed by atoms with Gasteiger partial charge < -0.3 is 14.6 Å². The summed E-state index contributed by atoms with van der Waals surface area (Å²) in [7, 11) is 0. The van der Waals surface area contributed by atoms with Gasteiger partial charge in [0.1, 0.15) is 19.0 Å². The van der Waals surface area contributed by atoms with Crippen molar-refractivity contribution < 1.29 is 19.4 Å². The van der Waals surface area contributed by atoms with Gasteiger partial charge in [-0.15, -0.1) is 0 Å². The second kappa shape index (κ2) is 8.00. The number of ether oxygens (including phenoxy) is 2. The molecule has 1 aromatic rings. The third-order valence-corrected chi connectivity index (χ3v) is 3.67. The third kappa shape index (κ3) is 5.73. The second-order valence-electron chi connectivity index (χ2n) is 5.41. The highest BCUT2D eigenvalue weighted by Gasteiger charge is 2.20. The van der Waals surface area contributed by atoms with Crippen LogP contribution < -0.4 is 4.74 Å². The van der Waals surface area contributed by atoms with E-state index in [0.29, 0.717) is 6.61 Å². The molecule has 1 heterocycles. The first-order chi connectivity index (χ1) is 10.1. The van der Waals surface area contributed by atoms with Crippen LogP contribution in [0.3, 0.4) is 0 Å². The zero-order valence-corrected chi connectivity index (χ0v) is 12.5. The lowest BCUT2D eigenvalue weighted by Gasteiger charge is -2.31. The first-order valence-corrected chi connectivity index (χ1v) is 7.39. The van der Waals surface area contributed by atoms with Crippen molar-refractivity contribution in [1.29, 1.82) is 0 Å². The molecule has 0 aliphatic carbocycles. The third-order valence-electron chi connectivity index (χ3n) is 3.67. The minimum atomic E-state index is -0.899. The van der Waals surface area contributed by atoms with Gasteiger partial charge in [0, 0.05) is 19.6 Å². The SMILES string of the molecule is Cc1ccc(OCCN2CCC(OCC(=O)O)CC2)cc1. The van der Waals surface area contributed by atoms with Crippen molar-refractivity contribution in [2.45, 2.75) is 25.9 Å². The van der Waals surface area contributed by atoms with Gasteiger partial charge in [-0.1, -0.05) is 17.7 Å². The standard InChI is InChI=1S/C16H23NO4/c1-13-2-4-14(5-3-13)20-11-10-17-8-6-15(7-9-17)21-12-16(18)19/h2-5,15H,6-12H2,1H3,(H,18,19). The van der Waals surface area contributed by atoms with E-state index < -0.39 is 5.97 Å². The van der Waals surface area contributed by atoms with Crippen molar-refractivity contribution in [3.8, 4) is 5.75 Å². The Labute approximate surface area is 125 Å². The molecule has 1 aliphatic heterocycles. The smallest absolute Gasteiger partial charge is 0.329 e. The summed E-state index contributed by atoms with van der Waals surface area (Å²) in [4.78, 5) is 12.8. The van der Waals surface area contributed by atoms with E-state index in [2.05, 4.69) is 11.8 Å². The maximum absolute atomic E-state index is 10.5. The molecule has 5 heteroatoms. The highest BCUT2D eigenvalue weighted by molar-refractivity contribution is 5.68. The van der Waals surface area contributed by atoms with E-state index in [-0.39, 0.29) is 12.7 Å². The van der Waals surface area contributed by atoms with Crippen LogP contribution in [0.15, 0.2) is 24.3 Å². The zero-order chi connectivity index (χ0) is 15.1. The lowest BCUT2D eigenvalue weighted by Crippen LogP contribution is -2.39. The van der Waals surface area contributed by atoms with E-state index in [1.54, 1.807) is 0 Å². The highest BCUT2D eigenvalue weighted by Crippen LogP contribution is 2.14. The predicted octanol–water partition coefficient (Wildman–Crippen LogP) is 1.94. The Morgan fingerprint density at radius 3 is 2.57 bits per heavy atom. The Kier molecular flexibility index (Phi) is 6.02. The summed E-state index contributed by atoms with van der Waals surface area (Å²) in [6.45, 7) is 5.29. The number of aliphatic carboxylic acids is 1. The number of nitrogens with zero attached hydrogens (tertiary/aromatic N) is 1. The molecule has 0 atom stereocenters. The molecule has 0 amide bonds. The minimum Gasteiger partial charge on any atom is -0.492 e. The van der Waals surface area contributed by atoms with Gasteiger partial charge in [0.05, 0.1) is 6.10 Å². The van der Waals surface area contributed by atoms with Crippen LogP contribution in [0.1, 0.15) is 18.4 Å². The molecular formula is C16H23NO4. The van der Waals surface area contributed by atoms with Crippen molar-refractivity contribution in [2.24, 2.45) is 0 Å². The molecule has 0 saturated carbocycles. The predicted molar refractivity (Wildman–Crippen MR) is 79.7 cm³/mol. The molecule has 2 rings (SSSR count). The van der Waals surface area contributed by atoms with Crippen LogP contribution in [0.4, 0.5) is 0 Å². The quantitative estimate of drug-likeness (QED) is 0.832. The van der Waals surface area contributed by atoms with E-state index in [0.717, 1.165) is 38.2 Å². The number of hydrogen-bond acceptors (Lipinski definition) is 4. The molecule has 1 aliphatic rings. The molecule has 0 unspecified atom stereocenters. The average molecular weight is 293 g/mol. The Morgan fingerprint density at radius 2 is 1.95 bits per heavy atom. The largest absolute Gasteiger partial charge is 0.492 e. The summed E-state index contributed by atoms with van der Waals surface area (Å²) in [6.07, 6.45) is 1.85. The Morgan fingerprint density at radius 1 is 1.29 bits per heavy atom. The molecular weight excluding hydrogens is 270 g/mol. The van der Waals surface area contributed by atoms with Gasteiger partial charge in [0.15, 0.2) is 0 Å². The number of rotatable bonds is 7. The number of aryl methyl sites for hydroxylation is 1. The number of piperidine rings is 1. The van der Waals surface area contributed by atoms with Gasteiger partial charge in [-0.3, -0.25) is 4.90 Å². The molecule has 1 aromatic carbocycles. The van der Waals surface area contributed by atoms with Crippen molar-refractivity contribution in [1.82, 2.24) is 4.90 Å². The van der Waals surface area contributed by atoms with Crippen LogP contribution in [0.5, 0.6) is 5.75 Å². The van der Waals surface area contributed by atoms with Gasteiger partial charge in [-0.25, -0.2) is 4.79 Å². The van der Waals surface area contributed by atoms with E-state index >= 15 is 0 Å². The molecule has 116 valence electrons. The molecule has 0 bridgehead atoms. The summed E-state index contributed by atoms with van der Waals surface area (Å²) < 4.78 is 11.0. The Hall–Kier alpha value is -1.59. The normalized spacial score (nSPS) is 16.8. The zero-order valence-electron chi connectivity index (χ0n) is 12.5. The number of hydrogen-bond donors (Lipinski definition) is 1. The number of likely N-dealkylation sites (tertiary alicyclic amines) is 1. The van der Waals surface area contributed by atoms with Crippen molar-refractivity contribution in [3.63, 3.8) is 0 Å². The molecule has 21 heavy (non-hydrogen) atoms. The molecule has 1 N–H and O–H groups in total. The van der Waals surface area contributed by atoms with Crippen LogP contribution in [-0.4, -0.2) is 54.9 Å². The van der Waals surface area contributed by atoms with E-state index in [9.17, 15) is 4.79 Å². The summed E-state index contributed by atoms with van der Waals surface area (Å²) in [6, 6.07) is 8.06. The first kappa shape index (κ1) is 15.8. The average Bonchev–Trinajstić information content (AvgIpc) is 2.48. The van der Waals surface area contributed by atoms with Crippen LogP contribution in [0, 0.1) is 6.92 Å². The Balaban J connectivity index is 1.60. The van der Waals surface area contributed by atoms with Crippen LogP contribution >= 0.6 is 0 Å². The van der Waals surface area contributed by atoms with E-state index in [1.807, 2.05) is 24.3 Å². The monoisotopic (exact) mass is 293 g/mol. The number of carboxylic acids is 1. The summed E-state index contributed by atoms with van der Waals surface area (Å²) in [5.74, 6) is 0.00389. The van der Waals surface area contributed by atoms with Crippen LogP contribution in [0.2, 0.25) is 0 Å². The Bertz CT molecular complexity index is 438. The second-order valence-corrected chi connectivity index (χ2v) is 5.41. The molecule has 0 spiro atoms. The topological polar surface area (TPSA) is 59.0 Å². The van der Waals surface area contributed by atoms with Gasteiger partial charge in [0.2, 0.25) is 0 Å². The van der Waals surface area contributed by atoms with Crippen molar-refractivity contribution in [3.05, 3.63) is 29.8 Å².